The average Bonchev–Trinajstić information content (AvgIpc) is 3.09. The summed E-state index contributed by atoms with van der Waals surface area (Å²) in [6.45, 7) is -3.15. The van der Waals surface area contributed by atoms with Crippen LogP contribution in [0.25, 0.3) is 0 Å². The number of hydrogen-bond acceptors (Lipinski definition) is 10. The highest BCUT2D eigenvalue weighted by Gasteiger charge is 2.19. The highest BCUT2D eigenvalue weighted by molar-refractivity contribution is 5.73. The van der Waals surface area contributed by atoms with Crippen LogP contribution in [-0.2, 0) is 50.2 Å². The first-order valence-corrected chi connectivity index (χ1v) is 16.7. The molecule has 2 aromatic heterocycles. The molecule has 55 heavy (non-hydrogen) atoms. The van der Waals surface area contributed by atoms with E-state index < -0.39 is 62.6 Å². The number of aliphatic carboxylic acids is 5. The van der Waals surface area contributed by atoms with Crippen LogP contribution in [-0.4, -0.2) is 113 Å². The highest BCUT2D eigenvalue weighted by atomic mass is 16.4. The standard InChI is InChI=1S/C40H37N5O10/c46-36(47)23-43(19-32-15-30(13-11-28-7-3-1-4-8-28)17-34(41-32)21-44(24-37(48)49)25-38(50)51)20-33-16-31(14-12-29-9-5-2-6-10-29)18-35(42-33)22-45(26-39(52)53)27-40(54)55/h1-10,15-18H,19-27H2,(H,46,47)(H,48,49)(H,50,51)(H,52,53)(H,54,55). The van der Waals surface area contributed by atoms with Crippen LogP contribution in [0.15, 0.2) is 84.9 Å². The van der Waals surface area contributed by atoms with Crippen molar-refractivity contribution < 1.29 is 49.5 Å². The lowest BCUT2D eigenvalue weighted by atomic mass is 10.1. The Balaban J connectivity index is 1.73. The highest BCUT2D eigenvalue weighted by Crippen LogP contribution is 2.16. The summed E-state index contributed by atoms with van der Waals surface area (Å²) in [7, 11) is 0. The van der Waals surface area contributed by atoms with E-state index in [1.165, 1.54) is 14.7 Å². The van der Waals surface area contributed by atoms with Crippen molar-refractivity contribution in [1.82, 2.24) is 24.7 Å². The van der Waals surface area contributed by atoms with Gasteiger partial charge in [-0.2, -0.15) is 0 Å². The third kappa shape index (κ3) is 15.3. The Kier molecular flexibility index (Phi) is 15.1. The van der Waals surface area contributed by atoms with Gasteiger partial charge in [0.1, 0.15) is 0 Å². The molecule has 5 N–H and O–H groups in total. The number of carboxylic acid groups (broad SMARTS) is 5. The van der Waals surface area contributed by atoms with Gasteiger partial charge in [-0.1, -0.05) is 60.1 Å². The molecule has 0 fully saturated rings. The number of carbonyl (C=O) groups is 5. The van der Waals surface area contributed by atoms with Gasteiger partial charge in [-0.15, -0.1) is 0 Å². The number of nitrogens with zero attached hydrogens (tertiary/aromatic N) is 5. The lowest BCUT2D eigenvalue weighted by Gasteiger charge is -2.22. The van der Waals surface area contributed by atoms with Crippen molar-refractivity contribution in [1.29, 1.82) is 0 Å². The van der Waals surface area contributed by atoms with Crippen LogP contribution in [0.3, 0.4) is 0 Å². The fraction of sp³-hybridized carbons (Fsp3) is 0.225. The molecule has 282 valence electrons. The lowest BCUT2D eigenvalue weighted by molar-refractivity contribution is -0.144. The second-order valence-corrected chi connectivity index (χ2v) is 12.3. The SMILES string of the molecule is O=C(O)CN(CC(=O)O)Cc1cc(C#Cc2ccccc2)cc(CN(CC(=O)O)Cc2cc(C#Cc3ccccc3)cc(CN(CC(=O)O)CC(=O)O)n2)n1. The number of rotatable bonds is 18. The molecule has 0 aliphatic rings. The fourth-order valence-corrected chi connectivity index (χ4v) is 5.48. The Hall–Kier alpha value is -6.91. The van der Waals surface area contributed by atoms with Crippen molar-refractivity contribution in [2.24, 2.45) is 0 Å². The van der Waals surface area contributed by atoms with Crippen molar-refractivity contribution in [2.75, 3.05) is 32.7 Å². The second kappa shape index (κ2) is 20.4. The minimum Gasteiger partial charge on any atom is -0.480 e. The number of aromatic nitrogens is 2. The molecule has 0 unspecified atom stereocenters. The Labute approximate surface area is 316 Å². The number of pyridine rings is 2. The number of carboxylic acids is 5. The first-order valence-electron chi connectivity index (χ1n) is 16.7. The molecular formula is C40H37N5O10. The summed E-state index contributed by atoms with van der Waals surface area (Å²) in [5.74, 6) is 6.12. The van der Waals surface area contributed by atoms with Crippen LogP contribution < -0.4 is 0 Å². The molecule has 4 rings (SSSR count). The third-order valence-electron chi connectivity index (χ3n) is 7.45. The first-order chi connectivity index (χ1) is 26.3. The second-order valence-electron chi connectivity index (χ2n) is 12.3. The van der Waals surface area contributed by atoms with Crippen LogP contribution >= 0.6 is 0 Å². The van der Waals surface area contributed by atoms with Crippen LogP contribution in [0.1, 0.15) is 45.0 Å². The molecule has 0 bridgehead atoms. The zero-order valence-corrected chi connectivity index (χ0v) is 29.5. The Bertz CT molecular complexity index is 1960. The lowest BCUT2D eigenvalue weighted by Crippen LogP contribution is -2.34. The first kappa shape index (κ1) is 40.9. The summed E-state index contributed by atoms with van der Waals surface area (Å²) in [4.78, 5) is 71.3. The van der Waals surface area contributed by atoms with Crippen LogP contribution in [0, 0.1) is 23.7 Å². The molecular weight excluding hydrogens is 710 g/mol. The van der Waals surface area contributed by atoms with Gasteiger partial charge in [-0.25, -0.2) is 0 Å². The van der Waals surface area contributed by atoms with E-state index in [1.807, 2.05) is 60.7 Å². The summed E-state index contributed by atoms with van der Waals surface area (Å²) >= 11 is 0. The predicted octanol–water partition coefficient (Wildman–Crippen LogP) is 2.31. The predicted molar refractivity (Wildman–Crippen MR) is 196 cm³/mol. The van der Waals surface area contributed by atoms with Gasteiger partial charge in [0.15, 0.2) is 0 Å². The zero-order chi connectivity index (χ0) is 39.7. The summed E-state index contributed by atoms with van der Waals surface area (Å²) in [6, 6.07) is 24.8. The van der Waals surface area contributed by atoms with Crippen molar-refractivity contribution in [2.45, 2.75) is 26.2 Å². The quantitative estimate of drug-likeness (QED) is 0.0922. The number of benzene rings is 2. The molecule has 15 nitrogen and oxygen atoms in total. The molecule has 2 heterocycles. The molecule has 2 aromatic carbocycles. The molecule has 0 spiro atoms. The maximum atomic E-state index is 12.1. The Morgan fingerprint density at radius 2 is 0.655 bits per heavy atom. The van der Waals surface area contributed by atoms with E-state index in [9.17, 15) is 49.5 Å². The molecule has 0 radical (unpaired) electrons. The maximum Gasteiger partial charge on any atom is 0.317 e. The van der Waals surface area contributed by atoms with Crippen molar-refractivity contribution in [3.05, 3.63) is 130 Å². The molecule has 0 saturated heterocycles. The van der Waals surface area contributed by atoms with Gasteiger partial charge in [0.05, 0.1) is 55.5 Å². The van der Waals surface area contributed by atoms with Gasteiger partial charge in [0.25, 0.3) is 0 Å². The average molecular weight is 748 g/mol. The van der Waals surface area contributed by atoms with Gasteiger partial charge in [-0.05, 0) is 48.5 Å². The number of hydrogen-bond donors (Lipinski definition) is 5. The van der Waals surface area contributed by atoms with Crippen LogP contribution in [0.2, 0.25) is 0 Å². The van der Waals surface area contributed by atoms with Gasteiger partial charge in [0.2, 0.25) is 0 Å². The summed E-state index contributed by atoms with van der Waals surface area (Å²) in [6.07, 6.45) is 0. The maximum absolute atomic E-state index is 12.1. The fourth-order valence-electron chi connectivity index (χ4n) is 5.48. The van der Waals surface area contributed by atoms with Crippen molar-refractivity contribution in [3.63, 3.8) is 0 Å². The van der Waals surface area contributed by atoms with E-state index in [0.717, 1.165) is 11.1 Å². The summed E-state index contributed by atoms with van der Waals surface area (Å²) < 4.78 is 0. The summed E-state index contributed by atoms with van der Waals surface area (Å²) in [5, 5.41) is 47.4. The molecule has 4 aromatic rings. The molecule has 0 atom stereocenters. The molecule has 15 heteroatoms. The van der Waals surface area contributed by atoms with E-state index in [0.29, 0.717) is 33.9 Å². The van der Waals surface area contributed by atoms with Crippen LogP contribution in [0.4, 0.5) is 0 Å². The monoisotopic (exact) mass is 747 g/mol. The summed E-state index contributed by atoms with van der Waals surface area (Å²) in [5.41, 5.74) is 3.71. The molecule has 0 saturated carbocycles. The van der Waals surface area contributed by atoms with Crippen LogP contribution in [0.5, 0.6) is 0 Å². The third-order valence-corrected chi connectivity index (χ3v) is 7.45. The molecule has 0 aliphatic heterocycles. The van der Waals surface area contributed by atoms with E-state index in [-0.39, 0.29) is 26.2 Å². The molecule has 0 aliphatic carbocycles. The normalized spacial score (nSPS) is 10.7. The zero-order valence-electron chi connectivity index (χ0n) is 29.5. The smallest absolute Gasteiger partial charge is 0.317 e. The topological polar surface area (TPSA) is 222 Å². The Morgan fingerprint density at radius 3 is 0.945 bits per heavy atom. The van der Waals surface area contributed by atoms with E-state index in [2.05, 4.69) is 33.6 Å². The van der Waals surface area contributed by atoms with Gasteiger partial charge in [0, 0.05) is 48.4 Å². The molecule has 0 amide bonds. The van der Waals surface area contributed by atoms with Gasteiger partial charge >= 0.3 is 29.8 Å². The van der Waals surface area contributed by atoms with Crippen molar-refractivity contribution >= 4 is 29.8 Å². The largest absolute Gasteiger partial charge is 0.480 e. The van der Waals surface area contributed by atoms with E-state index in [4.69, 9.17) is 0 Å². The minimum atomic E-state index is -1.23. The van der Waals surface area contributed by atoms with Gasteiger partial charge in [-0.3, -0.25) is 48.6 Å². The van der Waals surface area contributed by atoms with Gasteiger partial charge < -0.3 is 25.5 Å². The van der Waals surface area contributed by atoms with Crippen molar-refractivity contribution in [3.8, 4) is 23.7 Å². The van der Waals surface area contributed by atoms with E-state index >= 15 is 0 Å². The van der Waals surface area contributed by atoms with E-state index in [1.54, 1.807) is 24.3 Å². The minimum absolute atomic E-state index is 0.0564. The Morgan fingerprint density at radius 1 is 0.400 bits per heavy atom.